The number of aliphatic hydroxyl groups is 1. The van der Waals surface area contributed by atoms with Gasteiger partial charge in [0.2, 0.25) is 10.0 Å². The molecule has 0 radical (unpaired) electrons. The number of hydrogen-bond donors (Lipinski definition) is 3. The lowest BCUT2D eigenvalue weighted by Crippen LogP contribution is -2.42. The number of rotatable bonds is 6. The van der Waals surface area contributed by atoms with E-state index in [0.717, 1.165) is 5.56 Å². The molecule has 0 aliphatic carbocycles. The van der Waals surface area contributed by atoms with Crippen LogP contribution in [0.25, 0.3) is 0 Å². The number of nitrogens with one attached hydrogen (secondary N) is 1. The van der Waals surface area contributed by atoms with Gasteiger partial charge in [-0.2, -0.15) is 0 Å². The van der Waals surface area contributed by atoms with Crippen molar-refractivity contribution in [3.63, 3.8) is 0 Å². The summed E-state index contributed by atoms with van der Waals surface area (Å²) in [4.78, 5) is 0.171. The molecule has 118 valence electrons. The van der Waals surface area contributed by atoms with Crippen LogP contribution in [0.5, 0.6) is 0 Å². The van der Waals surface area contributed by atoms with Crippen molar-refractivity contribution in [2.45, 2.75) is 23.9 Å². The van der Waals surface area contributed by atoms with Crippen LogP contribution in [0.4, 0.5) is 0 Å². The van der Waals surface area contributed by atoms with Gasteiger partial charge in [-0.15, -0.1) is 0 Å². The molecule has 0 aliphatic rings. The molecule has 0 fully saturated rings. The summed E-state index contributed by atoms with van der Waals surface area (Å²) in [6, 6.07) is 14.1. The van der Waals surface area contributed by atoms with Crippen molar-refractivity contribution in [2.75, 3.05) is 6.61 Å². The Kier molecular flexibility index (Phi) is 5.31. The predicted molar refractivity (Wildman–Crippen MR) is 85.7 cm³/mol. The summed E-state index contributed by atoms with van der Waals surface area (Å²) >= 11 is 0. The van der Waals surface area contributed by atoms with Gasteiger partial charge in [0, 0.05) is 6.04 Å². The Morgan fingerprint density at radius 3 is 2.23 bits per heavy atom. The molecule has 0 heterocycles. The van der Waals surface area contributed by atoms with Gasteiger partial charge in [-0.25, -0.2) is 13.1 Å². The minimum absolute atomic E-state index is 0.171. The highest BCUT2D eigenvalue weighted by Gasteiger charge is 2.25. The fourth-order valence-corrected chi connectivity index (χ4v) is 3.40. The second-order valence-electron chi connectivity index (χ2n) is 5.17. The van der Waals surface area contributed by atoms with Crippen molar-refractivity contribution < 1.29 is 13.5 Å². The third-order valence-corrected chi connectivity index (χ3v) is 4.87. The molecule has 0 aliphatic heterocycles. The molecule has 0 bridgehead atoms. The van der Waals surface area contributed by atoms with E-state index in [9.17, 15) is 13.5 Å². The van der Waals surface area contributed by atoms with Crippen molar-refractivity contribution in [2.24, 2.45) is 5.73 Å². The average molecular weight is 320 g/mol. The fraction of sp³-hybridized carbons (Fsp3) is 0.250. The van der Waals surface area contributed by atoms with E-state index in [2.05, 4.69) is 4.72 Å². The number of aliphatic hydroxyl groups excluding tert-OH is 1. The van der Waals surface area contributed by atoms with E-state index < -0.39 is 22.1 Å². The Morgan fingerprint density at radius 2 is 1.68 bits per heavy atom. The number of benzene rings is 2. The van der Waals surface area contributed by atoms with Gasteiger partial charge < -0.3 is 10.8 Å². The van der Waals surface area contributed by atoms with Gasteiger partial charge in [0.25, 0.3) is 0 Å². The molecular formula is C16H20N2O3S. The molecule has 2 rings (SSSR count). The molecule has 0 spiro atoms. The van der Waals surface area contributed by atoms with E-state index >= 15 is 0 Å². The van der Waals surface area contributed by atoms with E-state index in [1.807, 2.05) is 13.0 Å². The van der Waals surface area contributed by atoms with Gasteiger partial charge in [0.05, 0.1) is 17.5 Å². The van der Waals surface area contributed by atoms with E-state index in [0.29, 0.717) is 5.56 Å². The molecule has 0 amide bonds. The number of nitrogens with two attached hydrogens (primary N) is 1. The zero-order chi connectivity index (χ0) is 16.2. The Balaban J connectivity index is 2.32. The highest BCUT2D eigenvalue weighted by Crippen LogP contribution is 2.20. The maximum Gasteiger partial charge on any atom is 0.241 e. The van der Waals surface area contributed by atoms with Gasteiger partial charge in [0.15, 0.2) is 0 Å². The molecule has 6 heteroatoms. The van der Waals surface area contributed by atoms with Crippen molar-refractivity contribution in [1.82, 2.24) is 4.72 Å². The standard InChI is InChI=1S/C16H20N2O3S/c1-12-7-9-14(10-8-12)22(20,21)18-16(15(17)11-19)13-5-3-2-4-6-13/h2-10,15-16,18-19H,11,17H2,1H3. The number of aryl methyl sites for hydroxylation is 1. The van der Waals surface area contributed by atoms with Crippen LogP contribution in [-0.2, 0) is 10.0 Å². The number of sulfonamides is 1. The second kappa shape index (κ2) is 7.02. The molecule has 2 aromatic rings. The quantitative estimate of drug-likeness (QED) is 0.749. The van der Waals surface area contributed by atoms with E-state index in [4.69, 9.17) is 5.73 Å². The largest absolute Gasteiger partial charge is 0.395 e. The maximum absolute atomic E-state index is 12.5. The molecule has 2 atom stereocenters. The summed E-state index contributed by atoms with van der Waals surface area (Å²) in [6.07, 6.45) is 0. The summed E-state index contributed by atoms with van der Waals surface area (Å²) in [7, 11) is -3.72. The zero-order valence-corrected chi connectivity index (χ0v) is 13.1. The summed E-state index contributed by atoms with van der Waals surface area (Å²) in [5, 5.41) is 9.31. The van der Waals surface area contributed by atoms with Gasteiger partial charge in [-0.05, 0) is 24.6 Å². The normalized spacial score (nSPS) is 14.5. The van der Waals surface area contributed by atoms with Crippen molar-refractivity contribution in [1.29, 1.82) is 0 Å². The van der Waals surface area contributed by atoms with E-state index in [1.165, 1.54) is 0 Å². The highest BCUT2D eigenvalue weighted by molar-refractivity contribution is 7.89. The molecule has 0 saturated heterocycles. The minimum atomic E-state index is -3.72. The first-order valence-electron chi connectivity index (χ1n) is 6.94. The van der Waals surface area contributed by atoms with Crippen LogP contribution < -0.4 is 10.5 Å². The van der Waals surface area contributed by atoms with Crippen LogP contribution in [0.15, 0.2) is 59.5 Å². The average Bonchev–Trinajstić information content (AvgIpc) is 2.53. The summed E-state index contributed by atoms with van der Waals surface area (Å²) in [5.74, 6) is 0. The Labute approximate surface area is 130 Å². The monoisotopic (exact) mass is 320 g/mol. The minimum Gasteiger partial charge on any atom is -0.395 e. The van der Waals surface area contributed by atoms with Gasteiger partial charge >= 0.3 is 0 Å². The lowest BCUT2D eigenvalue weighted by Gasteiger charge is -2.24. The molecule has 22 heavy (non-hydrogen) atoms. The lowest BCUT2D eigenvalue weighted by atomic mass is 10.0. The zero-order valence-electron chi connectivity index (χ0n) is 12.3. The maximum atomic E-state index is 12.5. The molecule has 2 unspecified atom stereocenters. The van der Waals surface area contributed by atoms with Crippen LogP contribution in [0.3, 0.4) is 0 Å². The molecule has 0 saturated carbocycles. The molecular weight excluding hydrogens is 300 g/mol. The molecule has 4 N–H and O–H groups in total. The van der Waals surface area contributed by atoms with Crippen LogP contribution >= 0.6 is 0 Å². The second-order valence-corrected chi connectivity index (χ2v) is 6.88. The van der Waals surface area contributed by atoms with Gasteiger partial charge in [-0.3, -0.25) is 0 Å². The lowest BCUT2D eigenvalue weighted by molar-refractivity contribution is 0.245. The van der Waals surface area contributed by atoms with Gasteiger partial charge in [-0.1, -0.05) is 48.0 Å². The van der Waals surface area contributed by atoms with Crippen LogP contribution in [0.2, 0.25) is 0 Å². The predicted octanol–water partition coefficient (Wildman–Crippen LogP) is 1.33. The fourth-order valence-electron chi connectivity index (χ4n) is 2.12. The first-order valence-corrected chi connectivity index (χ1v) is 8.43. The van der Waals surface area contributed by atoms with Crippen LogP contribution in [-0.4, -0.2) is 26.2 Å². The van der Waals surface area contributed by atoms with Crippen LogP contribution in [0.1, 0.15) is 17.2 Å². The summed E-state index contributed by atoms with van der Waals surface area (Å²) in [5.41, 5.74) is 7.57. The van der Waals surface area contributed by atoms with Gasteiger partial charge in [0.1, 0.15) is 0 Å². The van der Waals surface area contributed by atoms with Crippen molar-refractivity contribution in [3.05, 3.63) is 65.7 Å². The van der Waals surface area contributed by atoms with Crippen molar-refractivity contribution >= 4 is 10.0 Å². The number of hydrogen-bond acceptors (Lipinski definition) is 4. The summed E-state index contributed by atoms with van der Waals surface area (Å²) in [6.45, 7) is 1.56. The Bertz CT molecular complexity index is 700. The Hall–Kier alpha value is -1.73. The SMILES string of the molecule is Cc1ccc(S(=O)(=O)NC(c2ccccc2)C(N)CO)cc1. The van der Waals surface area contributed by atoms with Crippen molar-refractivity contribution in [3.8, 4) is 0 Å². The van der Waals surface area contributed by atoms with Crippen LogP contribution in [0, 0.1) is 6.92 Å². The summed E-state index contributed by atoms with van der Waals surface area (Å²) < 4.78 is 27.6. The third-order valence-electron chi connectivity index (χ3n) is 3.41. The van der Waals surface area contributed by atoms with E-state index in [-0.39, 0.29) is 11.5 Å². The molecule has 2 aromatic carbocycles. The first kappa shape index (κ1) is 16.6. The molecule has 0 aromatic heterocycles. The van der Waals surface area contributed by atoms with E-state index in [1.54, 1.807) is 48.5 Å². The smallest absolute Gasteiger partial charge is 0.241 e. The topological polar surface area (TPSA) is 92.4 Å². The first-order chi connectivity index (χ1) is 10.4. The Morgan fingerprint density at radius 1 is 1.09 bits per heavy atom. The highest BCUT2D eigenvalue weighted by atomic mass is 32.2. The third kappa shape index (κ3) is 3.92. The molecule has 5 nitrogen and oxygen atoms in total.